The van der Waals surface area contributed by atoms with Crippen LogP contribution in [0.25, 0.3) is 28.0 Å². The summed E-state index contributed by atoms with van der Waals surface area (Å²) in [5.41, 5.74) is 1.96. The molecular weight excluding hydrogens is 340 g/mol. The molecule has 0 atom stereocenters. The van der Waals surface area contributed by atoms with Crippen molar-refractivity contribution in [3.63, 3.8) is 0 Å². The third-order valence-electron chi connectivity index (χ3n) is 4.40. The first-order valence-electron chi connectivity index (χ1n) is 8.69. The van der Waals surface area contributed by atoms with E-state index in [0.717, 1.165) is 5.69 Å². The van der Waals surface area contributed by atoms with Gasteiger partial charge in [-0.25, -0.2) is 15.0 Å². The second kappa shape index (κ2) is 6.99. The van der Waals surface area contributed by atoms with Crippen molar-refractivity contribution in [3.8, 4) is 22.8 Å². The lowest BCUT2D eigenvalue weighted by atomic mass is 10.1. The molecule has 0 aliphatic carbocycles. The summed E-state index contributed by atoms with van der Waals surface area (Å²) in [6.07, 6.45) is 3.82. The summed E-state index contributed by atoms with van der Waals surface area (Å²) < 4.78 is 6.78. The lowest BCUT2D eigenvalue weighted by Crippen LogP contribution is -2.24. The molecule has 0 saturated heterocycles. The van der Waals surface area contributed by atoms with Crippen LogP contribution in [0.15, 0.2) is 65.7 Å². The molecule has 4 aromatic rings. The summed E-state index contributed by atoms with van der Waals surface area (Å²) in [7, 11) is 1.56. The van der Waals surface area contributed by atoms with E-state index in [9.17, 15) is 4.79 Å². The molecule has 0 aliphatic heterocycles. The standard InChI is InChI=1S/C21H18N4O2/c1-3-18-24-17-11-7-10-16(20-22-12-15(27-2)13-23-20)19(17)21(26)25(18)14-8-5-4-6-9-14/h4-13H,3H2,1-2H3. The molecule has 2 aromatic heterocycles. The van der Waals surface area contributed by atoms with Crippen LogP contribution in [0.4, 0.5) is 0 Å². The van der Waals surface area contributed by atoms with Crippen molar-refractivity contribution in [3.05, 3.63) is 77.1 Å². The van der Waals surface area contributed by atoms with Crippen LogP contribution in [0.1, 0.15) is 12.7 Å². The summed E-state index contributed by atoms with van der Waals surface area (Å²) in [5, 5.41) is 0.503. The smallest absolute Gasteiger partial charge is 0.266 e. The van der Waals surface area contributed by atoms with Gasteiger partial charge in [-0.05, 0) is 18.2 Å². The Bertz CT molecular complexity index is 1150. The van der Waals surface area contributed by atoms with Crippen LogP contribution in [-0.4, -0.2) is 26.6 Å². The SMILES string of the molecule is CCc1nc2cccc(-c3ncc(OC)cn3)c2c(=O)n1-c1ccccc1. The van der Waals surface area contributed by atoms with Gasteiger partial charge in [-0.3, -0.25) is 9.36 Å². The fourth-order valence-electron chi connectivity index (χ4n) is 3.10. The minimum Gasteiger partial charge on any atom is -0.494 e. The molecule has 0 unspecified atom stereocenters. The Labute approximate surface area is 156 Å². The number of fused-ring (bicyclic) bond motifs is 1. The van der Waals surface area contributed by atoms with Crippen LogP contribution in [0.5, 0.6) is 5.75 Å². The van der Waals surface area contributed by atoms with Crippen molar-refractivity contribution < 1.29 is 4.74 Å². The number of aryl methyl sites for hydroxylation is 1. The van der Waals surface area contributed by atoms with Crippen LogP contribution in [-0.2, 0) is 6.42 Å². The number of para-hydroxylation sites is 1. The highest BCUT2D eigenvalue weighted by atomic mass is 16.5. The monoisotopic (exact) mass is 358 g/mol. The van der Waals surface area contributed by atoms with Gasteiger partial charge in [0.25, 0.3) is 5.56 Å². The molecule has 27 heavy (non-hydrogen) atoms. The summed E-state index contributed by atoms with van der Waals surface area (Å²) in [6.45, 7) is 1.99. The van der Waals surface area contributed by atoms with Crippen LogP contribution in [0, 0.1) is 0 Å². The van der Waals surface area contributed by atoms with Gasteiger partial charge in [0.2, 0.25) is 0 Å². The van der Waals surface area contributed by atoms with E-state index in [0.29, 0.717) is 40.3 Å². The van der Waals surface area contributed by atoms with Crippen molar-refractivity contribution in [2.75, 3.05) is 7.11 Å². The van der Waals surface area contributed by atoms with Crippen molar-refractivity contribution in [1.29, 1.82) is 0 Å². The number of ether oxygens (including phenoxy) is 1. The maximum absolute atomic E-state index is 13.5. The van der Waals surface area contributed by atoms with E-state index in [1.807, 2.05) is 55.5 Å². The summed E-state index contributed by atoms with van der Waals surface area (Å²) in [6, 6.07) is 15.1. The Morgan fingerprint density at radius 3 is 2.41 bits per heavy atom. The van der Waals surface area contributed by atoms with Gasteiger partial charge in [-0.2, -0.15) is 0 Å². The molecule has 2 heterocycles. The van der Waals surface area contributed by atoms with Crippen LogP contribution >= 0.6 is 0 Å². The molecule has 0 saturated carbocycles. The van der Waals surface area contributed by atoms with Crippen LogP contribution in [0.3, 0.4) is 0 Å². The molecule has 134 valence electrons. The van der Waals surface area contributed by atoms with E-state index in [4.69, 9.17) is 9.72 Å². The molecular formula is C21H18N4O2. The Morgan fingerprint density at radius 2 is 1.74 bits per heavy atom. The number of methoxy groups -OCH3 is 1. The summed E-state index contributed by atoms with van der Waals surface area (Å²) >= 11 is 0. The lowest BCUT2D eigenvalue weighted by molar-refractivity contribution is 0.411. The normalized spacial score (nSPS) is 10.9. The van der Waals surface area contributed by atoms with E-state index < -0.39 is 0 Å². The number of nitrogens with zero attached hydrogens (tertiary/aromatic N) is 4. The van der Waals surface area contributed by atoms with Crippen molar-refractivity contribution in [2.24, 2.45) is 0 Å². The number of aromatic nitrogens is 4. The first kappa shape index (κ1) is 16.9. The average molecular weight is 358 g/mol. The fraction of sp³-hybridized carbons (Fsp3) is 0.143. The Kier molecular flexibility index (Phi) is 4.38. The number of benzene rings is 2. The van der Waals surface area contributed by atoms with Gasteiger partial charge in [-0.15, -0.1) is 0 Å². The zero-order chi connectivity index (χ0) is 18.8. The summed E-state index contributed by atoms with van der Waals surface area (Å²) in [4.78, 5) is 26.9. The second-order valence-corrected chi connectivity index (χ2v) is 6.00. The molecule has 0 amide bonds. The molecule has 0 spiro atoms. The third-order valence-corrected chi connectivity index (χ3v) is 4.40. The molecule has 6 heteroatoms. The van der Waals surface area contributed by atoms with E-state index in [-0.39, 0.29) is 5.56 Å². The maximum atomic E-state index is 13.5. The minimum atomic E-state index is -0.127. The molecule has 0 bridgehead atoms. The average Bonchev–Trinajstić information content (AvgIpc) is 2.73. The predicted octanol–water partition coefficient (Wildman–Crippen LogP) is 3.41. The molecule has 2 aromatic carbocycles. The fourth-order valence-corrected chi connectivity index (χ4v) is 3.10. The van der Waals surface area contributed by atoms with Crippen molar-refractivity contribution in [1.82, 2.24) is 19.5 Å². The predicted molar refractivity (Wildman–Crippen MR) is 104 cm³/mol. The Morgan fingerprint density at radius 1 is 1.00 bits per heavy atom. The first-order chi connectivity index (χ1) is 13.2. The van der Waals surface area contributed by atoms with Gasteiger partial charge in [0.1, 0.15) is 5.82 Å². The van der Waals surface area contributed by atoms with Gasteiger partial charge in [0.05, 0.1) is 36.1 Å². The third kappa shape index (κ3) is 2.95. The maximum Gasteiger partial charge on any atom is 0.266 e. The summed E-state index contributed by atoms with van der Waals surface area (Å²) in [5.74, 6) is 1.74. The highest BCUT2D eigenvalue weighted by Gasteiger charge is 2.16. The minimum absolute atomic E-state index is 0.127. The highest BCUT2D eigenvalue weighted by molar-refractivity contribution is 5.92. The molecule has 0 radical (unpaired) electrons. The van der Waals surface area contributed by atoms with Gasteiger partial charge in [-0.1, -0.05) is 37.3 Å². The van der Waals surface area contributed by atoms with Gasteiger partial charge < -0.3 is 4.74 Å². The molecule has 4 rings (SSSR count). The van der Waals surface area contributed by atoms with E-state index >= 15 is 0 Å². The largest absolute Gasteiger partial charge is 0.494 e. The molecule has 6 nitrogen and oxygen atoms in total. The number of rotatable bonds is 4. The first-order valence-corrected chi connectivity index (χ1v) is 8.69. The molecule has 0 aliphatic rings. The number of hydrogen-bond donors (Lipinski definition) is 0. The van der Waals surface area contributed by atoms with E-state index in [2.05, 4.69) is 9.97 Å². The zero-order valence-corrected chi connectivity index (χ0v) is 15.1. The van der Waals surface area contributed by atoms with Crippen LogP contribution < -0.4 is 10.3 Å². The quantitative estimate of drug-likeness (QED) is 0.559. The topological polar surface area (TPSA) is 69.9 Å². The van der Waals surface area contributed by atoms with E-state index in [1.165, 1.54) is 0 Å². The second-order valence-electron chi connectivity index (χ2n) is 6.00. The van der Waals surface area contributed by atoms with E-state index in [1.54, 1.807) is 24.1 Å². The van der Waals surface area contributed by atoms with Gasteiger partial charge in [0.15, 0.2) is 11.6 Å². The van der Waals surface area contributed by atoms with Gasteiger partial charge in [0, 0.05) is 12.0 Å². The molecule has 0 fully saturated rings. The van der Waals surface area contributed by atoms with Crippen LogP contribution in [0.2, 0.25) is 0 Å². The Hall–Kier alpha value is -3.54. The van der Waals surface area contributed by atoms with Gasteiger partial charge >= 0.3 is 0 Å². The van der Waals surface area contributed by atoms with Crippen molar-refractivity contribution in [2.45, 2.75) is 13.3 Å². The lowest BCUT2D eigenvalue weighted by Gasteiger charge is -2.14. The highest BCUT2D eigenvalue weighted by Crippen LogP contribution is 2.24. The zero-order valence-electron chi connectivity index (χ0n) is 15.1. The molecule has 0 N–H and O–H groups in total. The number of hydrogen-bond acceptors (Lipinski definition) is 5. The Balaban J connectivity index is 2.03. The van der Waals surface area contributed by atoms with Crippen molar-refractivity contribution >= 4 is 10.9 Å².